The Balaban J connectivity index is 1.87. The number of carbonyl (C=O) groups is 2. The molecule has 1 amide bonds. The minimum Gasteiger partial charge on any atom is -0.468 e. The summed E-state index contributed by atoms with van der Waals surface area (Å²) in [6.07, 6.45) is 1.59. The van der Waals surface area contributed by atoms with Crippen molar-refractivity contribution in [1.29, 1.82) is 0 Å². The van der Waals surface area contributed by atoms with Crippen molar-refractivity contribution in [2.24, 2.45) is 5.92 Å². The highest BCUT2D eigenvalue weighted by atomic mass is 16.6. The van der Waals surface area contributed by atoms with E-state index in [1.165, 1.54) is 7.11 Å². The number of amides is 1. The van der Waals surface area contributed by atoms with Crippen molar-refractivity contribution in [2.45, 2.75) is 45.3 Å². The molecule has 2 rings (SSSR count). The third-order valence-electron chi connectivity index (χ3n) is 4.52. The lowest BCUT2D eigenvalue weighted by molar-refractivity contribution is -0.142. The maximum absolute atomic E-state index is 12.2. The first-order valence-corrected chi connectivity index (χ1v) is 8.64. The summed E-state index contributed by atoms with van der Waals surface area (Å²) < 4.78 is 10.2. The van der Waals surface area contributed by atoms with E-state index < -0.39 is 5.60 Å². The minimum absolute atomic E-state index is 0.218. The number of ether oxygens (including phenoxy) is 2. The third kappa shape index (κ3) is 5.34. The second-order valence-electron chi connectivity index (χ2n) is 7.46. The Hall–Kier alpha value is -1.34. The highest BCUT2D eigenvalue weighted by Gasteiger charge is 2.35. The molecule has 2 aliphatic rings. The Bertz CT molecular complexity index is 442. The lowest BCUT2D eigenvalue weighted by Crippen LogP contribution is -2.55. The Kier molecular flexibility index (Phi) is 6.46. The SMILES string of the molecule is COC(=O)CN1[CH]CNCC1C1CCN(C(=O)OC(C)(C)C)CC1. The van der Waals surface area contributed by atoms with Crippen LogP contribution in [0.15, 0.2) is 0 Å². The van der Waals surface area contributed by atoms with Crippen molar-refractivity contribution in [3.63, 3.8) is 0 Å². The lowest BCUT2D eigenvalue weighted by atomic mass is 9.87. The van der Waals surface area contributed by atoms with Crippen molar-refractivity contribution >= 4 is 12.1 Å². The summed E-state index contributed by atoms with van der Waals surface area (Å²) in [7, 11) is 1.42. The summed E-state index contributed by atoms with van der Waals surface area (Å²) in [4.78, 5) is 27.6. The van der Waals surface area contributed by atoms with Gasteiger partial charge in [0.2, 0.25) is 0 Å². The maximum atomic E-state index is 12.2. The number of piperazine rings is 1. The van der Waals surface area contributed by atoms with Gasteiger partial charge < -0.3 is 19.7 Å². The molecule has 7 nitrogen and oxygen atoms in total. The Morgan fingerprint density at radius 1 is 1.25 bits per heavy atom. The van der Waals surface area contributed by atoms with Gasteiger partial charge in [0.05, 0.1) is 13.7 Å². The van der Waals surface area contributed by atoms with Crippen LogP contribution < -0.4 is 5.32 Å². The van der Waals surface area contributed by atoms with Gasteiger partial charge in [0.1, 0.15) is 5.60 Å². The number of piperidine rings is 1. The second kappa shape index (κ2) is 8.16. The van der Waals surface area contributed by atoms with Crippen LogP contribution in [0.3, 0.4) is 0 Å². The van der Waals surface area contributed by atoms with E-state index in [4.69, 9.17) is 9.47 Å². The molecule has 0 aliphatic carbocycles. The fraction of sp³-hybridized carbons (Fsp3) is 0.824. The zero-order valence-electron chi connectivity index (χ0n) is 15.2. The fourth-order valence-corrected chi connectivity index (χ4v) is 3.29. The van der Waals surface area contributed by atoms with E-state index in [0.717, 1.165) is 25.9 Å². The molecule has 0 aromatic rings. The monoisotopic (exact) mass is 340 g/mol. The van der Waals surface area contributed by atoms with E-state index in [1.807, 2.05) is 27.3 Å². The van der Waals surface area contributed by atoms with E-state index in [-0.39, 0.29) is 24.6 Å². The van der Waals surface area contributed by atoms with E-state index in [0.29, 0.717) is 19.0 Å². The number of esters is 1. The molecule has 2 heterocycles. The predicted molar refractivity (Wildman–Crippen MR) is 90.2 cm³/mol. The van der Waals surface area contributed by atoms with Gasteiger partial charge in [-0.15, -0.1) is 0 Å². The molecule has 1 atom stereocenters. The quantitative estimate of drug-likeness (QED) is 0.780. The number of carbonyl (C=O) groups excluding carboxylic acids is 2. The third-order valence-corrected chi connectivity index (χ3v) is 4.52. The number of rotatable bonds is 3. The van der Waals surface area contributed by atoms with Crippen LogP contribution >= 0.6 is 0 Å². The predicted octanol–water partition coefficient (Wildman–Crippen LogP) is 1.24. The van der Waals surface area contributed by atoms with Crippen LogP contribution in [0.25, 0.3) is 0 Å². The number of likely N-dealkylation sites (tertiary alicyclic amines) is 1. The number of hydrogen-bond donors (Lipinski definition) is 1. The summed E-state index contributed by atoms with van der Waals surface area (Å²) in [5.74, 6) is 0.224. The molecule has 0 aromatic heterocycles. The minimum atomic E-state index is -0.465. The summed E-state index contributed by atoms with van der Waals surface area (Å²) >= 11 is 0. The van der Waals surface area contributed by atoms with Gasteiger partial charge in [0.15, 0.2) is 0 Å². The van der Waals surface area contributed by atoms with Crippen molar-refractivity contribution in [2.75, 3.05) is 39.8 Å². The van der Waals surface area contributed by atoms with E-state index >= 15 is 0 Å². The average Bonchev–Trinajstić information content (AvgIpc) is 2.54. The highest BCUT2D eigenvalue weighted by molar-refractivity contribution is 5.71. The van der Waals surface area contributed by atoms with Crippen LogP contribution in [0, 0.1) is 12.5 Å². The van der Waals surface area contributed by atoms with Crippen LogP contribution in [0.5, 0.6) is 0 Å². The Morgan fingerprint density at radius 2 is 1.92 bits per heavy atom. The van der Waals surface area contributed by atoms with Crippen molar-refractivity contribution in [1.82, 2.24) is 15.1 Å². The van der Waals surface area contributed by atoms with Gasteiger partial charge in [-0.1, -0.05) is 0 Å². The molecule has 1 unspecified atom stereocenters. The van der Waals surface area contributed by atoms with Gasteiger partial charge in [-0.2, -0.15) is 0 Å². The van der Waals surface area contributed by atoms with Gasteiger partial charge in [-0.3, -0.25) is 9.69 Å². The van der Waals surface area contributed by atoms with Gasteiger partial charge >= 0.3 is 12.1 Å². The number of hydrogen-bond acceptors (Lipinski definition) is 6. The maximum Gasteiger partial charge on any atom is 0.410 e. The first-order chi connectivity index (χ1) is 11.3. The fourth-order valence-electron chi connectivity index (χ4n) is 3.29. The van der Waals surface area contributed by atoms with E-state index in [1.54, 1.807) is 4.90 Å². The van der Waals surface area contributed by atoms with E-state index in [2.05, 4.69) is 10.2 Å². The molecule has 0 aromatic carbocycles. The zero-order chi connectivity index (χ0) is 17.7. The highest BCUT2D eigenvalue weighted by Crippen LogP contribution is 2.27. The van der Waals surface area contributed by atoms with Crippen LogP contribution in [-0.2, 0) is 14.3 Å². The van der Waals surface area contributed by atoms with Crippen LogP contribution in [-0.4, -0.2) is 73.3 Å². The summed E-state index contributed by atoms with van der Waals surface area (Å²) in [6.45, 7) is 11.0. The molecule has 0 bridgehead atoms. The first-order valence-electron chi connectivity index (χ1n) is 8.64. The molecule has 0 saturated carbocycles. The molecule has 2 aliphatic heterocycles. The van der Waals surface area contributed by atoms with Gasteiger partial charge in [0, 0.05) is 38.8 Å². The second-order valence-corrected chi connectivity index (χ2v) is 7.46. The molecule has 1 radical (unpaired) electrons. The summed E-state index contributed by atoms with van der Waals surface area (Å²) in [5, 5.41) is 3.36. The van der Waals surface area contributed by atoms with Crippen molar-refractivity contribution in [3.8, 4) is 0 Å². The molecule has 0 spiro atoms. The molecule has 137 valence electrons. The number of methoxy groups -OCH3 is 1. The number of nitrogens with one attached hydrogen (secondary N) is 1. The molecular weight excluding hydrogens is 310 g/mol. The Labute approximate surface area is 144 Å². The summed E-state index contributed by atoms with van der Waals surface area (Å²) in [5.41, 5.74) is -0.465. The summed E-state index contributed by atoms with van der Waals surface area (Å²) in [6, 6.07) is 0.263. The number of nitrogens with zero attached hydrogens (tertiary/aromatic N) is 2. The van der Waals surface area contributed by atoms with Gasteiger partial charge in [0.25, 0.3) is 0 Å². The van der Waals surface area contributed by atoms with Gasteiger partial charge in [-0.25, -0.2) is 4.79 Å². The Morgan fingerprint density at radius 3 is 2.50 bits per heavy atom. The first kappa shape index (κ1) is 19.0. The van der Waals surface area contributed by atoms with Crippen LogP contribution in [0.1, 0.15) is 33.6 Å². The van der Waals surface area contributed by atoms with Gasteiger partial charge in [-0.05, 0) is 39.5 Å². The average molecular weight is 340 g/mol. The molecule has 7 heteroatoms. The van der Waals surface area contributed by atoms with E-state index in [9.17, 15) is 9.59 Å². The van der Waals surface area contributed by atoms with Crippen LogP contribution in [0.4, 0.5) is 4.79 Å². The normalized spacial score (nSPS) is 23.8. The van der Waals surface area contributed by atoms with Crippen LogP contribution in [0.2, 0.25) is 0 Å². The topological polar surface area (TPSA) is 71.1 Å². The smallest absolute Gasteiger partial charge is 0.410 e. The lowest BCUT2D eigenvalue weighted by Gasteiger charge is -2.43. The molecule has 2 saturated heterocycles. The molecule has 24 heavy (non-hydrogen) atoms. The molecule has 2 fully saturated rings. The zero-order valence-corrected chi connectivity index (χ0v) is 15.2. The standard InChI is InChI=1S/C17H30N3O4/c1-17(2,3)24-16(22)19-8-5-13(6-9-19)14-11-18-7-10-20(14)12-15(21)23-4/h10,13-14,18H,5-9,11-12H2,1-4H3. The van der Waals surface area contributed by atoms with Crippen molar-refractivity contribution in [3.05, 3.63) is 6.54 Å². The molecule has 1 N–H and O–H groups in total. The molecular formula is C17H30N3O4. The van der Waals surface area contributed by atoms with Crippen molar-refractivity contribution < 1.29 is 19.1 Å². The largest absolute Gasteiger partial charge is 0.468 e.